The highest BCUT2D eigenvalue weighted by molar-refractivity contribution is 7.70. The van der Waals surface area contributed by atoms with Crippen LogP contribution in [-0.2, 0) is 15.5 Å². The predicted molar refractivity (Wildman–Crippen MR) is 145 cm³/mol. The molecule has 4 heterocycles. The first-order valence-corrected chi connectivity index (χ1v) is 15.7. The second-order valence-corrected chi connectivity index (χ2v) is 14.2. The summed E-state index contributed by atoms with van der Waals surface area (Å²) in [4.78, 5) is 13.9. The minimum absolute atomic E-state index is 0.0605. The molecule has 3 atom stereocenters. The number of alkyl halides is 3. The summed E-state index contributed by atoms with van der Waals surface area (Å²) in [7, 11) is -0.718. The number of ether oxygens (including phenoxy) is 1. The lowest BCUT2D eigenvalue weighted by atomic mass is 9.96. The molecule has 1 aliphatic carbocycles. The van der Waals surface area contributed by atoms with Gasteiger partial charge in [-0.2, -0.15) is 13.2 Å². The van der Waals surface area contributed by atoms with Crippen molar-refractivity contribution in [2.24, 2.45) is 0 Å². The van der Waals surface area contributed by atoms with E-state index < -0.39 is 18.9 Å². The number of aromatic amines is 1. The van der Waals surface area contributed by atoms with Crippen molar-refractivity contribution in [3.63, 3.8) is 0 Å². The molecule has 1 unspecified atom stereocenters. The van der Waals surface area contributed by atoms with Gasteiger partial charge in [0.1, 0.15) is 12.7 Å². The lowest BCUT2D eigenvalue weighted by Crippen LogP contribution is -2.33. The Kier molecular flexibility index (Phi) is 7.35. The van der Waals surface area contributed by atoms with E-state index in [1.807, 2.05) is 12.1 Å². The molecule has 3 aliphatic rings. The number of H-pyrrole nitrogens is 1. The minimum atomic E-state index is -4.63. The third-order valence-electron chi connectivity index (χ3n) is 7.92. The van der Waals surface area contributed by atoms with Gasteiger partial charge in [0.05, 0.1) is 17.8 Å². The van der Waals surface area contributed by atoms with Gasteiger partial charge in [0.25, 0.3) is 0 Å². The van der Waals surface area contributed by atoms with Crippen molar-refractivity contribution in [1.82, 2.24) is 19.9 Å². The first-order chi connectivity index (χ1) is 17.9. The fourth-order valence-electron chi connectivity index (χ4n) is 5.82. The summed E-state index contributed by atoms with van der Waals surface area (Å²) in [6.07, 6.45) is 1.25. The van der Waals surface area contributed by atoms with Crippen molar-refractivity contribution < 1.29 is 22.5 Å². The van der Waals surface area contributed by atoms with E-state index in [1.54, 1.807) is 19.5 Å². The highest BCUT2D eigenvalue weighted by Crippen LogP contribution is 2.44. The molecule has 0 amide bonds. The van der Waals surface area contributed by atoms with Crippen LogP contribution in [0.3, 0.4) is 0 Å². The van der Waals surface area contributed by atoms with Gasteiger partial charge in [-0.15, -0.1) is 0 Å². The number of rotatable bonds is 1. The van der Waals surface area contributed by atoms with E-state index in [0.29, 0.717) is 41.0 Å². The third-order valence-corrected chi connectivity index (χ3v) is 9.48. The van der Waals surface area contributed by atoms with Crippen LogP contribution in [0.4, 0.5) is 19.1 Å². The maximum Gasteiger partial charge on any atom is 0.419 e. The lowest BCUT2D eigenvalue weighted by Gasteiger charge is -2.24. The first-order valence-electron chi connectivity index (χ1n) is 13.1. The summed E-state index contributed by atoms with van der Waals surface area (Å²) >= 11 is 0. The number of fused-ring (bicyclic) bond motifs is 7. The molecule has 38 heavy (non-hydrogen) atoms. The number of nitrogens with zero attached hydrogens (tertiary/aromatic N) is 3. The Morgan fingerprint density at radius 3 is 2.68 bits per heavy atom. The molecular weight excluding hydrogens is 514 g/mol. The van der Waals surface area contributed by atoms with Crippen molar-refractivity contribution in [3.8, 4) is 11.3 Å². The molecule has 11 heteroatoms. The minimum Gasteiger partial charge on any atom is -0.380 e. The standard InChI is InChI=1S/C27H35F3N5O2P/c1-16-9-11-37-12-10-35(2)18-6-5-17(13-18)33-26-32-15-22(27(28,29)30)23(34-26)21-14-31-24-20(21)8-7-19(16)25(24)38(3,4)36/h7-8,14-18,31H,5-6,9-13H2,1-4H3,(H,32,33,34)/t16?,17-,18-/m0/s1. The van der Waals surface area contributed by atoms with Crippen LogP contribution in [0.1, 0.15) is 49.7 Å². The van der Waals surface area contributed by atoms with E-state index in [0.717, 1.165) is 44.0 Å². The second-order valence-electron chi connectivity index (χ2n) is 11.0. The van der Waals surface area contributed by atoms with Crippen LogP contribution in [0.2, 0.25) is 0 Å². The predicted octanol–water partition coefficient (Wildman–Crippen LogP) is 5.68. The second kappa shape index (κ2) is 10.3. The first kappa shape index (κ1) is 27.2. The van der Waals surface area contributed by atoms with Crippen LogP contribution in [0.5, 0.6) is 0 Å². The van der Waals surface area contributed by atoms with E-state index >= 15 is 0 Å². The number of halogens is 3. The van der Waals surface area contributed by atoms with Crippen LogP contribution in [-0.4, -0.2) is 72.1 Å². The molecule has 1 saturated carbocycles. The Morgan fingerprint density at radius 1 is 1.16 bits per heavy atom. The summed E-state index contributed by atoms with van der Waals surface area (Å²) in [5.41, 5.74) is 0.755. The summed E-state index contributed by atoms with van der Waals surface area (Å²) in [6.45, 7) is 7.46. The number of nitrogens with one attached hydrogen (secondary N) is 2. The SMILES string of the molecule is CC1CCOCCN(C)[C@H]2CC[C@@H](C2)Nc2ncc(C(F)(F)F)c(n2)-c2c[nH]c3c(P(C)(C)=O)c1ccc23. The van der Waals surface area contributed by atoms with Gasteiger partial charge in [-0.3, -0.25) is 0 Å². The largest absolute Gasteiger partial charge is 0.419 e. The molecule has 8 bridgehead atoms. The summed E-state index contributed by atoms with van der Waals surface area (Å²) in [5.74, 6) is 0.240. The summed E-state index contributed by atoms with van der Waals surface area (Å²) in [6, 6.07) is 4.14. The summed E-state index contributed by atoms with van der Waals surface area (Å²) < 4.78 is 61.8. The zero-order chi connectivity index (χ0) is 27.2. The van der Waals surface area contributed by atoms with Crippen molar-refractivity contribution in [2.75, 3.05) is 45.5 Å². The molecule has 2 N–H and O–H groups in total. The van der Waals surface area contributed by atoms with Gasteiger partial charge in [0, 0.05) is 53.9 Å². The van der Waals surface area contributed by atoms with Gasteiger partial charge in [0.2, 0.25) is 5.95 Å². The van der Waals surface area contributed by atoms with Crippen LogP contribution in [0.15, 0.2) is 24.5 Å². The number of benzene rings is 1. The number of anilines is 1. The Morgan fingerprint density at radius 2 is 1.95 bits per heavy atom. The normalized spacial score (nSPS) is 23.8. The molecule has 2 aromatic heterocycles. The Hall–Kier alpha value is -2.42. The highest BCUT2D eigenvalue weighted by Gasteiger charge is 2.37. The summed E-state index contributed by atoms with van der Waals surface area (Å²) in [5, 5.41) is 4.51. The van der Waals surface area contributed by atoms with E-state index in [4.69, 9.17) is 4.74 Å². The molecule has 6 rings (SSSR count). The number of aromatic nitrogens is 3. The number of hydrogen-bond donors (Lipinski definition) is 2. The van der Waals surface area contributed by atoms with Crippen molar-refractivity contribution >= 4 is 29.3 Å². The van der Waals surface area contributed by atoms with Crippen LogP contribution in [0, 0.1) is 0 Å². The average molecular weight is 550 g/mol. The molecule has 1 aromatic carbocycles. The Bertz CT molecular complexity index is 1370. The van der Waals surface area contributed by atoms with Gasteiger partial charge in [-0.25, -0.2) is 9.97 Å². The molecule has 0 saturated heterocycles. The van der Waals surface area contributed by atoms with Gasteiger partial charge < -0.3 is 24.5 Å². The molecule has 206 valence electrons. The lowest BCUT2D eigenvalue weighted by molar-refractivity contribution is -0.137. The quantitative estimate of drug-likeness (QED) is 0.380. The van der Waals surface area contributed by atoms with E-state index in [2.05, 4.69) is 39.1 Å². The molecule has 7 nitrogen and oxygen atoms in total. The highest BCUT2D eigenvalue weighted by atomic mass is 31.2. The van der Waals surface area contributed by atoms with E-state index in [1.165, 1.54) is 0 Å². The number of hydrogen-bond acceptors (Lipinski definition) is 6. The van der Waals surface area contributed by atoms with Crippen LogP contribution >= 0.6 is 7.14 Å². The molecule has 2 aliphatic heterocycles. The van der Waals surface area contributed by atoms with Gasteiger partial charge in [-0.05, 0) is 57.5 Å². The Labute approximate surface area is 220 Å². The van der Waals surface area contributed by atoms with Crippen LogP contribution < -0.4 is 10.6 Å². The fourth-order valence-corrected chi connectivity index (χ4v) is 7.46. The third kappa shape index (κ3) is 5.36. The monoisotopic (exact) mass is 549 g/mol. The van der Waals surface area contributed by atoms with E-state index in [-0.39, 0.29) is 23.6 Å². The smallest absolute Gasteiger partial charge is 0.380 e. The molecular formula is C27H35F3N5O2P. The van der Waals surface area contributed by atoms with Gasteiger partial charge in [0.15, 0.2) is 0 Å². The average Bonchev–Trinajstić information content (AvgIpc) is 3.48. The topological polar surface area (TPSA) is 83.1 Å². The maximum absolute atomic E-state index is 14.1. The molecule has 0 radical (unpaired) electrons. The zero-order valence-corrected chi connectivity index (χ0v) is 23.1. The number of likely N-dealkylation sites (N-methyl/N-ethyl adjacent to an activating group) is 1. The van der Waals surface area contributed by atoms with Crippen molar-refractivity contribution in [2.45, 2.75) is 56.8 Å². The zero-order valence-electron chi connectivity index (χ0n) is 22.2. The van der Waals surface area contributed by atoms with Gasteiger partial charge >= 0.3 is 6.18 Å². The maximum atomic E-state index is 14.1. The van der Waals surface area contributed by atoms with E-state index in [9.17, 15) is 17.7 Å². The molecule has 1 fully saturated rings. The van der Waals surface area contributed by atoms with Crippen molar-refractivity contribution in [3.05, 3.63) is 35.7 Å². The van der Waals surface area contributed by atoms with Gasteiger partial charge in [-0.1, -0.05) is 19.1 Å². The molecule has 3 aromatic rings. The van der Waals surface area contributed by atoms with Crippen molar-refractivity contribution in [1.29, 1.82) is 0 Å². The fraction of sp³-hybridized carbons (Fsp3) is 0.556. The molecule has 0 spiro atoms. The van der Waals surface area contributed by atoms with Crippen LogP contribution in [0.25, 0.3) is 22.2 Å². The Balaban J connectivity index is 1.67.